The first-order valence-corrected chi connectivity index (χ1v) is 15.1. The molecule has 9 aromatic rings. The van der Waals surface area contributed by atoms with Gasteiger partial charge in [0.05, 0.1) is 21.4 Å². The zero-order valence-corrected chi connectivity index (χ0v) is 23.3. The maximum Gasteiger partial charge on any atom is 0.141 e. The Morgan fingerprint density at radius 3 is 2.27 bits per heavy atom. The van der Waals surface area contributed by atoms with E-state index in [1.807, 2.05) is 34.8 Å². The van der Waals surface area contributed by atoms with E-state index in [1.165, 1.54) is 67.8 Å². The topological polar surface area (TPSA) is 41.6 Å². The van der Waals surface area contributed by atoms with Crippen LogP contribution in [0.4, 0.5) is 0 Å². The van der Waals surface area contributed by atoms with Crippen molar-refractivity contribution in [2.24, 2.45) is 0 Å². The van der Waals surface area contributed by atoms with E-state index >= 15 is 0 Å². The van der Waals surface area contributed by atoms with E-state index in [9.17, 15) is 5.26 Å². The molecule has 4 aromatic heterocycles. The smallest absolute Gasteiger partial charge is 0.141 e. The second kappa shape index (κ2) is 8.49. The number of nitrogens with zero attached hydrogens (tertiary/aromatic N) is 3. The van der Waals surface area contributed by atoms with E-state index in [4.69, 9.17) is 0 Å². The third-order valence-corrected chi connectivity index (χ3v) is 10.5. The standard InChI is InChI=1S/C36H19N3S2/c37-20-22-17-21(15-16-38-22)23-9-5-10-26-27-11-6-13-31(36(27)41-35(23)26)39-30-12-3-1-7-24(30)28-19-34-29(18-32(28)39)25-8-2-4-14-33(25)40-34/h1-19H. The molecule has 0 fully saturated rings. The minimum Gasteiger partial charge on any atom is -0.308 e. The summed E-state index contributed by atoms with van der Waals surface area (Å²) in [5.41, 5.74) is 6.19. The van der Waals surface area contributed by atoms with E-state index in [2.05, 4.69) is 113 Å². The number of hydrogen-bond acceptors (Lipinski definition) is 4. The van der Waals surface area contributed by atoms with Crippen LogP contribution < -0.4 is 0 Å². The minimum absolute atomic E-state index is 0.429. The molecule has 0 aliphatic rings. The summed E-state index contributed by atoms with van der Waals surface area (Å²) in [6, 6.07) is 41.4. The zero-order valence-electron chi connectivity index (χ0n) is 21.6. The first-order valence-electron chi connectivity index (χ1n) is 13.4. The summed E-state index contributed by atoms with van der Waals surface area (Å²) in [4.78, 5) is 4.19. The molecule has 0 atom stereocenters. The summed E-state index contributed by atoms with van der Waals surface area (Å²) < 4.78 is 7.56. The van der Waals surface area contributed by atoms with E-state index in [0.717, 1.165) is 11.1 Å². The molecule has 0 aliphatic heterocycles. The van der Waals surface area contributed by atoms with E-state index in [0.29, 0.717) is 5.69 Å². The van der Waals surface area contributed by atoms with Crippen molar-refractivity contribution in [3.05, 3.63) is 121 Å². The van der Waals surface area contributed by atoms with Crippen molar-refractivity contribution in [3.8, 4) is 22.9 Å². The lowest BCUT2D eigenvalue weighted by Gasteiger charge is -2.09. The fourth-order valence-corrected chi connectivity index (χ4v) is 8.78. The predicted octanol–water partition coefficient (Wildman–Crippen LogP) is 10.5. The average Bonchev–Trinajstić information content (AvgIpc) is 3.69. The number of benzene rings is 5. The van der Waals surface area contributed by atoms with Crippen molar-refractivity contribution in [3.63, 3.8) is 0 Å². The fourth-order valence-electron chi connectivity index (χ4n) is 6.31. The number of aromatic nitrogens is 2. The molecule has 3 nitrogen and oxygen atoms in total. The van der Waals surface area contributed by atoms with Gasteiger partial charge in [0.25, 0.3) is 0 Å². The third kappa shape index (κ3) is 3.20. The Hall–Kier alpha value is -5.02. The SMILES string of the molecule is N#Cc1cc(-c2cccc3c2sc2c(-n4c5ccccc5c5cc6sc7ccccc7c6cc54)cccc23)ccn1. The highest BCUT2D eigenvalue weighted by Crippen LogP contribution is 2.45. The van der Waals surface area contributed by atoms with Crippen molar-refractivity contribution in [1.29, 1.82) is 5.26 Å². The van der Waals surface area contributed by atoms with Crippen molar-refractivity contribution >= 4 is 84.8 Å². The highest BCUT2D eigenvalue weighted by molar-refractivity contribution is 7.27. The molecule has 0 unspecified atom stereocenters. The van der Waals surface area contributed by atoms with Crippen LogP contribution in [-0.2, 0) is 0 Å². The summed E-state index contributed by atoms with van der Waals surface area (Å²) in [6.45, 7) is 0. The molecule has 0 aliphatic carbocycles. The van der Waals surface area contributed by atoms with Crippen molar-refractivity contribution in [2.75, 3.05) is 0 Å². The van der Waals surface area contributed by atoms with Gasteiger partial charge in [-0.3, -0.25) is 0 Å². The van der Waals surface area contributed by atoms with Crippen LogP contribution in [0.3, 0.4) is 0 Å². The molecule has 0 spiro atoms. The fraction of sp³-hybridized carbons (Fsp3) is 0. The number of pyridine rings is 1. The monoisotopic (exact) mass is 557 g/mol. The van der Waals surface area contributed by atoms with Gasteiger partial charge in [-0.1, -0.05) is 66.7 Å². The molecule has 41 heavy (non-hydrogen) atoms. The number of nitriles is 1. The molecule has 0 saturated carbocycles. The van der Waals surface area contributed by atoms with Crippen molar-refractivity contribution in [1.82, 2.24) is 9.55 Å². The number of para-hydroxylation sites is 1. The van der Waals surface area contributed by atoms with Gasteiger partial charge in [-0.2, -0.15) is 5.26 Å². The first-order chi connectivity index (χ1) is 20.3. The van der Waals surface area contributed by atoms with Crippen LogP contribution in [0.15, 0.2) is 115 Å². The Balaban J connectivity index is 1.39. The second-order valence-electron chi connectivity index (χ2n) is 10.3. The van der Waals surface area contributed by atoms with Crippen LogP contribution in [0, 0.1) is 11.3 Å². The molecular formula is C36H19N3S2. The van der Waals surface area contributed by atoms with Gasteiger partial charge in [0.15, 0.2) is 0 Å². The van der Waals surface area contributed by atoms with Crippen molar-refractivity contribution in [2.45, 2.75) is 0 Å². The lowest BCUT2D eigenvalue weighted by Crippen LogP contribution is -1.93. The van der Waals surface area contributed by atoms with Crippen molar-refractivity contribution < 1.29 is 0 Å². The van der Waals surface area contributed by atoms with Gasteiger partial charge in [0, 0.05) is 52.6 Å². The molecule has 0 bridgehead atoms. The zero-order chi connectivity index (χ0) is 27.1. The van der Waals surface area contributed by atoms with Crippen LogP contribution >= 0.6 is 22.7 Å². The van der Waals surface area contributed by atoms with Crippen LogP contribution in [-0.4, -0.2) is 9.55 Å². The number of thiophene rings is 2. The van der Waals surface area contributed by atoms with Gasteiger partial charge in [-0.15, -0.1) is 22.7 Å². The summed E-state index contributed by atoms with van der Waals surface area (Å²) in [7, 11) is 0. The normalized spacial score (nSPS) is 11.9. The van der Waals surface area contributed by atoms with Crippen LogP contribution in [0.5, 0.6) is 0 Å². The maximum absolute atomic E-state index is 9.45. The maximum atomic E-state index is 9.45. The van der Waals surface area contributed by atoms with Gasteiger partial charge in [0.1, 0.15) is 11.8 Å². The van der Waals surface area contributed by atoms with Gasteiger partial charge < -0.3 is 4.57 Å². The van der Waals surface area contributed by atoms with E-state index in [1.54, 1.807) is 6.20 Å². The Labute approximate surface area is 242 Å². The molecule has 5 aromatic carbocycles. The number of hydrogen-bond donors (Lipinski definition) is 0. The minimum atomic E-state index is 0.429. The largest absolute Gasteiger partial charge is 0.308 e. The quantitative estimate of drug-likeness (QED) is 0.212. The Kier molecular flexibility index (Phi) is 4.71. The Morgan fingerprint density at radius 2 is 1.37 bits per heavy atom. The summed E-state index contributed by atoms with van der Waals surface area (Å²) in [6.07, 6.45) is 1.72. The Morgan fingerprint density at radius 1 is 0.585 bits per heavy atom. The summed E-state index contributed by atoms with van der Waals surface area (Å²) in [5.74, 6) is 0. The van der Waals surface area contributed by atoms with Gasteiger partial charge in [-0.25, -0.2) is 4.98 Å². The molecule has 9 rings (SSSR count). The lowest BCUT2D eigenvalue weighted by atomic mass is 10.0. The Bertz CT molecular complexity index is 2560. The van der Waals surface area contributed by atoms with Crippen LogP contribution in [0.25, 0.3) is 79.0 Å². The third-order valence-electron chi connectivity index (χ3n) is 8.10. The van der Waals surface area contributed by atoms with Gasteiger partial charge in [-0.05, 0) is 53.6 Å². The lowest BCUT2D eigenvalue weighted by molar-refractivity contribution is 1.20. The predicted molar refractivity (Wildman–Crippen MR) is 175 cm³/mol. The highest BCUT2D eigenvalue weighted by atomic mass is 32.1. The number of rotatable bonds is 2. The van der Waals surface area contributed by atoms with Gasteiger partial charge in [0.2, 0.25) is 0 Å². The molecule has 190 valence electrons. The summed E-state index contributed by atoms with van der Waals surface area (Å²) >= 11 is 3.69. The molecule has 0 N–H and O–H groups in total. The summed E-state index contributed by atoms with van der Waals surface area (Å²) in [5, 5.41) is 17.1. The highest BCUT2D eigenvalue weighted by Gasteiger charge is 2.19. The molecule has 0 radical (unpaired) electrons. The molecule has 4 heterocycles. The second-order valence-corrected chi connectivity index (χ2v) is 12.4. The molecule has 0 amide bonds. The number of fused-ring (bicyclic) bond motifs is 9. The molecule has 0 saturated heterocycles. The molecular weight excluding hydrogens is 539 g/mol. The van der Waals surface area contributed by atoms with E-state index < -0.39 is 0 Å². The first kappa shape index (κ1) is 22.8. The van der Waals surface area contributed by atoms with Crippen LogP contribution in [0.1, 0.15) is 5.69 Å². The van der Waals surface area contributed by atoms with E-state index in [-0.39, 0.29) is 0 Å². The average molecular weight is 558 g/mol. The van der Waals surface area contributed by atoms with Crippen LogP contribution in [0.2, 0.25) is 0 Å². The molecule has 5 heteroatoms. The van der Waals surface area contributed by atoms with Gasteiger partial charge >= 0.3 is 0 Å².